The Bertz CT molecular complexity index is 3140. The molecular formula is C57H41N. The third kappa shape index (κ3) is 5.46. The monoisotopic (exact) mass is 739 g/mol. The second-order valence-electron chi connectivity index (χ2n) is 16.1. The lowest BCUT2D eigenvalue weighted by molar-refractivity contribution is 0.660. The normalized spacial score (nSPS) is 12.8. The van der Waals surface area contributed by atoms with Crippen molar-refractivity contribution in [1.82, 2.24) is 0 Å². The molecule has 10 aromatic carbocycles. The van der Waals surface area contributed by atoms with Crippen molar-refractivity contribution in [1.29, 1.82) is 0 Å². The number of hydrogen-bond acceptors (Lipinski definition) is 1. The fourth-order valence-electron chi connectivity index (χ4n) is 9.56. The summed E-state index contributed by atoms with van der Waals surface area (Å²) in [7, 11) is 0. The largest absolute Gasteiger partial charge is 0.310 e. The van der Waals surface area contributed by atoms with E-state index in [1.54, 1.807) is 0 Å². The van der Waals surface area contributed by atoms with Gasteiger partial charge in [-0.1, -0.05) is 166 Å². The van der Waals surface area contributed by atoms with E-state index in [9.17, 15) is 0 Å². The minimum Gasteiger partial charge on any atom is -0.310 e. The van der Waals surface area contributed by atoms with Crippen LogP contribution in [0.3, 0.4) is 0 Å². The van der Waals surface area contributed by atoms with Gasteiger partial charge in [0.15, 0.2) is 0 Å². The Morgan fingerprint density at radius 3 is 1.31 bits per heavy atom. The number of anilines is 3. The predicted molar refractivity (Wildman–Crippen MR) is 248 cm³/mol. The van der Waals surface area contributed by atoms with Crippen LogP contribution < -0.4 is 4.90 Å². The zero-order valence-corrected chi connectivity index (χ0v) is 32.7. The number of hydrogen-bond donors (Lipinski definition) is 0. The fraction of sp³-hybridized carbons (Fsp3) is 0.0526. The van der Waals surface area contributed by atoms with E-state index in [-0.39, 0.29) is 5.41 Å². The summed E-state index contributed by atoms with van der Waals surface area (Å²) in [5.41, 5.74) is 16.1. The lowest BCUT2D eigenvalue weighted by Gasteiger charge is -2.28. The highest BCUT2D eigenvalue weighted by molar-refractivity contribution is 6.24. The molecule has 10 aromatic rings. The molecule has 0 heterocycles. The van der Waals surface area contributed by atoms with E-state index in [4.69, 9.17) is 0 Å². The van der Waals surface area contributed by atoms with Crippen LogP contribution in [0.15, 0.2) is 212 Å². The minimum atomic E-state index is -0.196. The molecule has 0 atom stereocenters. The van der Waals surface area contributed by atoms with Gasteiger partial charge in [-0.3, -0.25) is 0 Å². The summed E-state index contributed by atoms with van der Waals surface area (Å²) in [6.45, 7) is 4.78. The summed E-state index contributed by atoms with van der Waals surface area (Å²) in [4.78, 5) is 2.36. The standard InChI is InChI=1S/C57H41N/c1-57(2)55-34-41(29-31-49(55)50-32-30-44(35-56(50)57)58(42-21-8-4-9-22-42)43-23-10-5-11-24-43)52-37-54-47-27-14-12-25-45(47)51(36-53(54)48-28-15-13-26-46(48)52)40-20-16-19-39(33-40)38-17-6-3-7-18-38/h3-37H,1-2H3. The van der Waals surface area contributed by atoms with E-state index in [1.807, 2.05) is 0 Å². The molecule has 0 aliphatic heterocycles. The molecule has 11 rings (SSSR count). The summed E-state index contributed by atoms with van der Waals surface area (Å²) in [6, 6.07) is 78.1. The Labute approximate surface area is 340 Å². The first kappa shape index (κ1) is 34.1. The van der Waals surface area contributed by atoms with Crippen LogP contribution in [0.25, 0.3) is 76.8 Å². The smallest absolute Gasteiger partial charge is 0.0465 e. The van der Waals surface area contributed by atoms with Crippen molar-refractivity contribution in [2.45, 2.75) is 19.3 Å². The SMILES string of the molecule is CC1(C)c2cc(-c3cc4c5ccccc5c(-c5cccc(-c6ccccc6)c5)cc4c4ccccc34)ccc2-c2ccc(N(c3ccccc3)c3ccccc3)cc21. The van der Waals surface area contributed by atoms with Crippen molar-refractivity contribution in [3.63, 3.8) is 0 Å². The summed E-state index contributed by atoms with van der Waals surface area (Å²) < 4.78 is 0. The van der Waals surface area contributed by atoms with E-state index in [1.165, 1.54) is 88.0 Å². The molecule has 1 heteroatoms. The molecule has 274 valence electrons. The first-order valence-corrected chi connectivity index (χ1v) is 20.3. The highest BCUT2D eigenvalue weighted by atomic mass is 15.1. The summed E-state index contributed by atoms with van der Waals surface area (Å²) in [5.74, 6) is 0. The van der Waals surface area contributed by atoms with E-state index in [0.29, 0.717) is 0 Å². The van der Waals surface area contributed by atoms with E-state index >= 15 is 0 Å². The molecule has 1 nitrogen and oxygen atoms in total. The van der Waals surface area contributed by atoms with Crippen LogP contribution in [0.5, 0.6) is 0 Å². The van der Waals surface area contributed by atoms with Gasteiger partial charge in [-0.05, 0) is 149 Å². The molecule has 58 heavy (non-hydrogen) atoms. The summed E-state index contributed by atoms with van der Waals surface area (Å²) in [6.07, 6.45) is 0. The van der Waals surface area contributed by atoms with Gasteiger partial charge >= 0.3 is 0 Å². The van der Waals surface area contributed by atoms with Gasteiger partial charge in [0.1, 0.15) is 0 Å². The van der Waals surface area contributed by atoms with Gasteiger partial charge in [0.25, 0.3) is 0 Å². The third-order valence-electron chi connectivity index (χ3n) is 12.4. The van der Waals surface area contributed by atoms with Crippen LogP contribution in [0.2, 0.25) is 0 Å². The van der Waals surface area contributed by atoms with Crippen molar-refractivity contribution >= 4 is 49.4 Å². The van der Waals surface area contributed by atoms with Gasteiger partial charge in [-0.2, -0.15) is 0 Å². The van der Waals surface area contributed by atoms with Gasteiger partial charge in [0.2, 0.25) is 0 Å². The summed E-state index contributed by atoms with van der Waals surface area (Å²) >= 11 is 0. The van der Waals surface area contributed by atoms with Gasteiger partial charge in [-0.25, -0.2) is 0 Å². The second kappa shape index (κ2) is 13.5. The molecule has 0 aromatic heterocycles. The van der Waals surface area contributed by atoms with Crippen molar-refractivity contribution in [2.75, 3.05) is 4.90 Å². The molecule has 0 fully saturated rings. The number of fused-ring (bicyclic) bond motifs is 8. The van der Waals surface area contributed by atoms with Crippen LogP contribution in [0, 0.1) is 0 Å². The zero-order chi connectivity index (χ0) is 38.8. The quantitative estimate of drug-likeness (QED) is 0.154. The van der Waals surface area contributed by atoms with Crippen LogP contribution in [0.4, 0.5) is 17.1 Å². The first-order chi connectivity index (χ1) is 28.5. The zero-order valence-electron chi connectivity index (χ0n) is 32.7. The van der Waals surface area contributed by atoms with Gasteiger partial charge in [0, 0.05) is 22.5 Å². The van der Waals surface area contributed by atoms with E-state index in [2.05, 4.69) is 231 Å². The van der Waals surface area contributed by atoms with E-state index < -0.39 is 0 Å². The lowest BCUT2D eigenvalue weighted by Crippen LogP contribution is -2.16. The van der Waals surface area contributed by atoms with Crippen LogP contribution >= 0.6 is 0 Å². The van der Waals surface area contributed by atoms with Crippen LogP contribution in [-0.2, 0) is 5.41 Å². The molecule has 0 radical (unpaired) electrons. The van der Waals surface area contributed by atoms with E-state index in [0.717, 1.165) is 17.1 Å². The number of nitrogens with zero attached hydrogens (tertiary/aromatic N) is 1. The maximum Gasteiger partial charge on any atom is 0.0465 e. The molecule has 0 saturated heterocycles. The Morgan fingerprint density at radius 1 is 0.276 bits per heavy atom. The molecule has 0 unspecified atom stereocenters. The second-order valence-corrected chi connectivity index (χ2v) is 16.1. The highest BCUT2D eigenvalue weighted by Crippen LogP contribution is 2.52. The number of benzene rings is 10. The molecule has 0 saturated carbocycles. The van der Waals surface area contributed by atoms with Crippen molar-refractivity contribution in [3.8, 4) is 44.5 Å². The average Bonchev–Trinajstić information content (AvgIpc) is 3.51. The predicted octanol–water partition coefficient (Wildman–Crippen LogP) is 15.9. The molecule has 0 bridgehead atoms. The Kier molecular flexibility index (Phi) is 7.91. The number of rotatable bonds is 6. The molecule has 0 spiro atoms. The van der Waals surface area contributed by atoms with Gasteiger partial charge in [-0.15, -0.1) is 0 Å². The highest BCUT2D eigenvalue weighted by Gasteiger charge is 2.36. The fourth-order valence-corrected chi connectivity index (χ4v) is 9.56. The maximum atomic E-state index is 2.47. The molecule has 0 N–H and O–H groups in total. The average molecular weight is 740 g/mol. The first-order valence-electron chi connectivity index (χ1n) is 20.3. The Balaban J connectivity index is 1.05. The molecule has 1 aliphatic rings. The van der Waals surface area contributed by atoms with Crippen molar-refractivity contribution in [2.24, 2.45) is 0 Å². The molecular weight excluding hydrogens is 699 g/mol. The lowest BCUT2D eigenvalue weighted by atomic mass is 9.81. The van der Waals surface area contributed by atoms with Gasteiger partial charge < -0.3 is 4.90 Å². The number of para-hydroxylation sites is 2. The van der Waals surface area contributed by atoms with Crippen molar-refractivity contribution < 1.29 is 0 Å². The Hall–Kier alpha value is -7.22. The molecule has 1 aliphatic carbocycles. The van der Waals surface area contributed by atoms with Gasteiger partial charge in [0.05, 0.1) is 0 Å². The maximum absolute atomic E-state index is 2.47. The van der Waals surface area contributed by atoms with Crippen LogP contribution in [-0.4, -0.2) is 0 Å². The molecule has 0 amide bonds. The topological polar surface area (TPSA) is 3.24 Å². The Morgan fingerprint density at radius 2 is 0.724 bits per heavy atom. The minimum absolute atomic E-state index is 0.196. The summed E-state index contributed by atoms with van der Waals surface area (Å²) in [5, 5.41) is 7.64. The van der Waals surface area contributed by atoms with Crippen molar-refractivity contribution in [3.05, 3.63) is 223 Å². The third-order valence-corrected chi connectivity index (χ3v) is 12.4. The van der Waals surface area contributed by atoms with Crippen LogP contribution in [0.1, 0.15) is 25.0 Å².